The van der Waals surface area contributed by atoms with E-state index in [2.05, 4.69) is 0 Å². The molecule has 1 atom stereocenters. The highest BCUT2D eigenvalue weighted by molar-refractivity contribution is 5.95. The first-order chi connectivity index (χ1) is 12.8. The summed E-state index contributed by atoms with van der Waals surface area (Å²) in [6.45, 7) is 2.40. The van der Waals surface area contributed by atoms with Crippen molar-refractivity contribution < 1.29 is 22.7 Å². The lowest BCUT2D eigenvalue weighted by Gasteiger charge is -2.30. The number of nitrogens with zero attached hydrogens (tertiary/aromatic N) is 1. The van der Waals surface area contributed by atoms with Crippen LogP contribution in [0, 0.1) is 0 Å². The van der Waals surface area contributed by atoms with E-state index in [0.29, 0.717) is 17.7 Å². The minimum absolute atomic E-state index is 0.0755. The van der Waals surface area contributed by atoms with E-state index in [4.69, 9.17) is 4.74 Å². The standard InChI is InChI=1S/C21H20F3NO2/c1-13(14-3-2-4-17(12-14)21(22,23)24)25(18-6-7-18)20(26)16-5-8-19-15(11-16)9-10-27-19/h2-5,8,11-13,18H,6-7,9-10H2,1H3. The molecule has 1 unspecified atom stereocenters. The summed E-state index contributed by atoms with van der Waals surface area (Å²) in [7, 11) is 0. The number of hydrogen-bond acceptors (Lipinski definition) is 2. The summed E-state index contributed by atoms with van der Waals surface area (Å²) < 4.78 is 44.7. The van der Waals surface area contributed by atoms with Crippen molar-refractivity contribution in [3.8, 4) is 5.75 Å². The average molecular weight is 375 g/mol. The van der Waals surface area contributed by atoms with Crippen LogP contribution in [-0.4, -0.2) is 23.5 Å². The Morgan fingerprint density at radius 2 is 1.96 bits per heavy atom. The third-order valence-electron chi connectivity index (χ3n) is 5.22. The molecule has 3 nitrogen and oxygen atoms in total. The number of hydrogen-bond donors (Lipinski definition) is 0. The second-order valence-electron chi connectivity index (χ2n) is 7.16. The predicted molar refractivity (Wildman–Crippen MR) is 94.7 cm³/mol. The largest absolute Gasteiger partial charge is 0.493 e. The molecule has 27 heavy (non-hydrogen) atoms. The number of carbonyl (C=O) groups is 1. The van der Waals surface area contributed by atoms with Crippen molar-refractivity contribution in [1.82, 2.24) is 4.90 Å². The van der Waals surface area contributed by atoms with Gasteiger partial charge in [0, 0.05) is 18.0 Å². The topological polar surface area (TPSA) is 29.5 Å². The SMILES string of the molecule is CC(c1cccc(C(F)(F)F)c1)N(C(=O)c1ccc2c(c1)CCO2)C1CC1. The van der Waals surface area contributed by atoms with Gasteiger partial charge in [-0.3, -0.25) is 4.79 Å². The van der Waals surface area contributed by atoms with Gasteiger partial charge in [-0.2, -0.15) is 13.2 Å². The van der Waals surface area contributed by atoms with Crippen LogP contribution in [0.5, 0.6) is 5.75 Å². The van der Waals surface area contributed by atoms with Crippen LogP contribution in [-0.2, 0) is 12.6 Å². The molecule has 1 aliphatic carbocycles. The van der Waals surface area contributed by atoms with Crippen LogP contribution in [0.2, 0.25) is 0 Å². The van der Waals surface area contributed by atoms with Crippen LogP contribution in [0.25, 0.3) is 0 Å². The van der Waals surface area contributed by atoms with Gasteiger partial charge in [-0.15, -0.1) is 0 Å². The number of ether oxygens (including phenoxy) is 1. The monoisotopic (exact) mass is 375 g/mol. The van der Waals surface area contributed by atoms with Crippen molar-refractivity contribution in [3.63, 3.8) is 0 Å². The first kappa shape index (κ1) is 17.9. The normalized spacial score (nSPS) is 17.2. The fourth-order valence-corrected chi connectivity index (χ4v) is 3.61. The highest BCUT2D eigenvalue weighted by Gasteiger charge is 2.38. The molecule has 1 aliphatic heterocycles. The molecular weight excluding hydrogens is 355 g/mol. The lowest BCUT2D eigenvalue weighted by atomic mass is 10.0. The van der Waals surface area contributed by atoms with Crippen LogP contribution in [0.3, 0.4) is 0 Å². The van der Waals surface area contributed by atoms with Gasteiger partial charge in [0.1, 0.15) is 5.75 Å². The highest BCUT2D eigenvalue weighted by Crippen LogP contribution is 2.38. The number of benzene rings is 2. The number of alkyl halides is 3. The molecule has 1 fully saturated rings. The van der Waals surface area contributed by atoms with E-state index in [1.807, 2.05) is 6.07 Å². The Morgan fingerprint density at radius 1 is 1.19 bits per heavy atom. The summed E-state index contributed by atoms with van der Waals surface area (Å²) in [5, 5.41) is 0. The predicted octanol–water partition coefficient (Wildman–Crippen LogP) is 5.01. The minimum atomic E-state index is -4.40. The summed E-state index contributed by atoms with van der Waals surface area (Å²) in [4.78, 5) is 14.9. The van der Waals surface area contributed by atoms with Crippen molar-refractivity contribution in [2.75, 3.05) is 6.61 Å². The van der Waals surface area contributed by atoms with E-state index in [0.717, 1.165) is 42.7 Å². The van der Waals surface area contributed by atoms with Gasteiger partial charge in [0.05, 0.1) is 18.2 Å². The first-order valence-corrected chi connectivity index (χ1v) is 9.10. The third kappa shape index (κ3) is 3.53. The molecular formula is C21H20F3NO2. The van der Waals surface area contributed by atoms with Crippen LogP contribution in [0.1, 0.15) is 52.9 Å². The van der Waals surface area contributed by atoms with Gasteiger partial charge in [-0.05, 0) is 61.2 Å². The van der Waals surface area contributed by atoms with Crippen molar-refractivity contribution in [1.29, 1.82) is 0 Å². The number of carbonyl (C=O) groups excluding carboxylic acids is 1. The molecule has 2 aromatic carbocycles. The van der Waals surface area contributed by atoms with Crippen LogP contribution >= 0.6 is 0 Å². The zero-order valence-electron chi connectivity index (χ0n) is 14.9. The van der Waals surface area contributed by atoms with E-state index in [1.54, 1.807) is 30.0 Å². The molecule has 6 heteroatoms. The van der Waals surface area contributed by atoms with E-state index < -0.39 is 17.8 Å². The Labute approximate surface area is 155 Å². The quantitative estimate of drug-likeness (QED) is 0.752. The van der Waals surface area contributed by atoms with Gasteiger partial charge in [-0.25, -0.2) is 0 Å². The molecule has 1 amide bonds. The van der Waals surface area contributed by atoms with E-state index in [-0.39, 0.29) is 11.9 Å². The molecule has 1 heterocycles. The average Bonchev–Trinajstić information content (AvgIpc) is 3.36. The Bertz CT molecular complexity index is 874. The van der Waals surface area contributed by atoms with Gasteiger partial charge in [0.15, 0.2) is 0 Å². The van der Waals surface area contributed by atoms with Gasteiger partial charge in [-0.1, -0.05) is 12.1 Å². The molecule has 2 aliphatic rings. The van der Waals surface area contributed by atoms with Gasteiger partial charge < -0.3 is 9.64 Å². The fourth-order valence-electron chi connectivity index (χ4n) is 3.61. The van der Waals surface area contributed by atoms with E-state index in [9.17, 15) is 18.0 Å². The number of fused-ring (bicyclic) bond motifs is 1. The molecule has 0 saturated heterocycles. The third-order valence-corrected chi connectivity index (χ3v) is 5.22. The van der Waals surface area contributed by atoms with Crippen LogP contribution in [0.15, 0.2) is 42.5 Å². The summed E-state index contributed by atoms with van der Waals surface area (Å²) in [5.41, 5.74) is 1.37. The zero-order valence-corrected chi connectivity index (χ0v) is 14.9. The number of amides is 1. The lowest BCUT2D eigenvalue weighted by Crippen LogP contribution is -2.35. The Hall–Kier alpha value is -2.50. The number of halogens is 3. The maximum absolute atomic E-state index is 13.2. The first-order valence-electron chi connectivity index (χ1n) is 9.10. The van der Waals surface area contributed by atoms with Crippen LogP contribution in [0.4, 0.5) is 13.2 Å². The van der Waals surface area contributed by atoms with Crippen molar-refractivity contribution in [2.24, 2.45) is 0 Å². The Balaban J connectivity index is 1.64. The number of rotatable bonds is 4. The molecule has 4 rings (SSSR count). The Morgan fingerprint density at radius 3 is 2.67 bits per heavy atom. The highest BCUT2D eigenvalue weighted by atomic mass is 19.4. The fraction of sp³-hybridized carbons (Fsp3) is 0.381. The van der Waals surface area contributed by atoms with E-state index >= 15 is 0 Å². The molecule has 142 valence electrons. The Kier molecular flexibility index (Phi) is 4.36. The lowest BCUT2D eigenvalue weighted by molar-refractivity contribution is -0.137. The van der Waals surface area contributed by atoms with Gasteiger partial charge >= 0.3 is 6.18 Å². The smallest absolute Gasteiger partial charge is 0.416 e. The maximum atomic E-state index is 13.2. The minimum Gasteiger partial charge on any atom is -0.493 e. The van der Waals surface area contributed by atoms with E-state index in [1.165, 1.54) is 6.07 Å². The van der Waals surface area contributed by atoms with Crippen molar-refractivity contribution in [2.45, 2.75) is 44.4 Å². The second kappa shape index (κ2) is 6.59. The molecule has 2 aromatic rings. The van der Waals surface area contributed by atoms with Crippen molar-refractivity contribution >= 4 is 5.91 Å². The summed E-state index contributed by atoms with van der Waals surface area (Å²) in [6.07, 6.45) is -1.88. The van der Waals surface area contributed by atoms with Crippen molar-refractivity contribution in [3.05, 3.63) is 64.7 Å². The maximum Gasteiger partial charge on any atom is 0.416 e. The second-order valence-corrected chi connectivity index (χ2v) is 7.16. The molecule has 0 bridgehead atoms. The molecule has 0 N–H and O–H groups in total. The van der Waals surface area contributed by atoms with Crippen LogP contribution < -0.4 is 4.74 Å². The summed E-state index contributed by atoms with van der Waals surface area (Å²) in [6, 6.07) is 10.3. The van der Waals surface area contributed by atoms with Gasteiger partial charge in [0.2, 0.25) is 0 Å². The summed E-state index contributed by atoms with van der Waals surface area (Å²) >= 11 is 0. The molecule has 0 radical (unpaired) electrons. The zero-order chi connectivity index (χ0) is 19.2. The molecule has 0 aromatic heterocycles. The molecule has 0 spiro atoms. The van der Waals surface area contributed by atoms with Gasteiger partial charge in [0.25, 0.3) is 5.91 Å². The molecule has 1 saturated carbocycles. The summed E-state index contributed by atoms with van der Waals surface area (Å²) in [5.74, 6) is 0.660.